The molecular formula is C29H30N6O3S. The Kier molecular flexibility index (Phi) is 8.57. The molecule has 4 N–H and O–H groups in total. The first kappa shape index (κ1) is 26.5. The predicted octanol–water partition coefficient (Wildman–Crippen LogP) is 5.32. The van der Waals surface area contributed by atoms with E-state index >= 15 is 0 Å². The summed E-state index contributed by atoms with van der Waals surface area (Å²) in [6, 6.07) is 21.0. The minimum absolute atomic E-state index is 0.303. The average Bonchev–Trinajstić information content (AvgIpc) is 3.52. The summed E-state index contributed by atoms with van der Waals surface area (Å²) in [7, 11) is -1.52. The monoisotopic (exact) mass is 542 g/mol. The molecule has 0 aliphatic carbocycles. The van der Waals surface area contributed by atoms with Crippen LogP contribution >= 0.6 is 0 Å². The minimum Gasteiger partial charge on any atom is -0.421 e. The molecule has 0 spiro atoms. The first-order valence-electron chi connectivity index (χ1n) is 12.7. The van der Waals surface area contributed by atoms with Crippen molar-refractivity contribution in [2.45, 2.75) is 18.2 Å². The average molecular weight is 543 g/mol. The molecule has 39 heavy (non-hydrogen) atoms. The number of aromatic amines is 1. The van der Waals surface area contributed by atoms with Crippen LogP contribution in [0.5, 0.6) is 0 Å². The lowest BCUT2D eigenvalue weighted by atomic mass is 9.95. The first-order chi connectivity index (χ1) is 19.1. The molecule has 0 saturated carbocycles. The van der Waals surface area contributed by atoms with E-state index in [9.17, 15) is 4.21 Å². The topological polar surface area (TPSA) is 129 Å². The van der Waals surface area contributed by atoms with Crippen molar-refractivity contribution in [1.29, 1.82) is 5.41 Å². The molecule has 0 bridgehead atoms. The number of H-pyrrole nitrogens is 1. The van der Waals surface area contributed by atoms with Crippen LogP contribution in [0.4, 0.5) is 5.69 Å². The fourth-order valence-corrected chi connectivity index (χ4v) is 5.23. The third-order valence-corrected chi connectivity index (χ3v) is 7.32. The Morgan fingerprint density at radius 3 is 2.67 bits per heavy atom. The van der Waals surface area contributed by atoms with Gasteiger partial charge < -0.3 is 29.6 Å². The van der Waals surface area contributed by atoms with Crippen LogP contribution in [-0.2, 0) is 15.7 Å². The van der Waals surface area contributed by atoms with Crippen LogP contribution in [-0.4, -0.2) is 51.9 Å². The molecule has 5 aromatic rings. The van der Waals surface area contributed by atoms with Crippen LogP contribution in [0.25, 0.3) is 33.5 Å². The lowest BCUT2D eigenvalue weighted by Gasteiger charge is -2.15. The van der Waals surface area contributed by atoms with Gasteiger partial charge in [0.25, 0.3) is 0 Å². The molecule has 1 aliphatic rings. The van der Waals surface area contributed by atoms with Crippen molar-refractivity contribution >= 4 is 33.8 Å². The van der Waals surface area contributed by atoms with Crippen molar-refractivity contribution in [3.8, 4) is 22.6 Å². The van der Waals surface area contributed by atoms with Gasteiger partial charge in [-0.15, -0.1) is 10.2 Å². The molecule has 10 heteroatoms. The normalized spacial score (nSPS) is 14.2. The van der Waals surface area contributed by atoms with Gasteiger partial charge in [0.15, 0.2) is 0 Å². The van der Waals surface area contributed by atoms with Crippen molar-refractivity contribution in [1.82, 2.24) is 20.5 Å². The molecular weight excluding hydrogens is 512 g/mol. The number of ether oxygens (including phenoxy) is 1. The number of rotatable bonds is 6. The Bertz CT molecular complexity index is 1560. The number of benzene rings is 3. The zero-order chi connectivity index (χ0) is 27.0. The fraction of sp³-hybridized carbons (Fsp3) is 0.207. The summed E-state index contributed by atoms with van der Waals surface area (Å²) in [6.45, 7) is 5.70. The number of nitrogens with zero attached hydrogens (tertiary/aromatic N) is 2. The Morgan fingerprint density at radius 2 is 1.87 bits per heavy atom. The summed E-state index contributed by atoms with van der Waals surface area (Å²) >= 11 is 0. The minimum atomic E-state index is -1.52. The molecule has 6 rings (SSSR count). The third-order valence-electron chi connectivity index (χ3n) is 6.21. The van der Waals surface area contributed by atoms with E-state index in [1.165, 1.54) is 12.6 Å². The van der Waals surface area contributed by atoms with Gasteiger partial charge in [0.2, 0.25) is 11.8 Å². The molecule has 2 aromatic heterocycles. The Balaban J connectivity index is 0.000000384. The highest BCUT2D eigenvalue weighted by Crippen LogP contribution is 2.37. The maximum absolute atomic E-state index is 13.0. The molecule has 3 aromatic carbocycles. The standard InChI is InChI=1S/C24H19N5O2S.C5H11NO/c1-15-27-28-24(31-15)20-12-16(18-8-5-9-22-19(18)10-11-26-22)13-23(21(20)14-25)29-32(30)17-6-3-2-4-7-17;1-2-6-3-5-7-4-1/h2-14,25-26,29H,1H3;6H,1-5H2. The molecule has 0 amide bonds. The second-order valence-corrected chi connectivity index (χ2v) is 10.1. The van der Waals surface area contributed by atoms with E-state index in [1.807, 2.05) is 60.8 Å². The van der Waals surface area contributed by atoms with Crippen LogP contribution < -0.4 is 10.0 Å². The number of fused-ring (bicyclic) bond motifs is 1. The maximum Gasteiger partial charge on any atom is 0.248 e. The molecule has 1 fully saturated rings. The number of hydrogen-bond acceptors (Lipinski definition) is 7. The van der Waals surface area contributed by atoms with Crippen LogP contribution in [0.3, 0.4) is 0 Å². The van der Waals surface area contributed by atoms with E-state index in [0.29, 0.717) is 33.5 Å². The summed E-state index contributed by atoms with van der Waals surface area (Å²) in [5.41, 5.74) is 4.53. The zero-order valence-corrected chi connectivity index (χ0v) is 22.4. The summed E-state index contributed by atoms with van der Waals surface area (Å²) in [5, 5.41) is 20.4. The smallest absolute Gasteiger partial charge is 0.248 e. The molecule has 1 unspecified atom stereocenters. The fourth-order valence-electron chi connectivity index (χ4n) is 4.34. The van der Waals surface area contributed by atoms with Gasteiger partial charge in [-0.25, -0.2) is 4.21 Å². The van der Waals surface area contributed by atoms with Crippen molar-refractivity contribution in [2.75, 3.05) is 31.0 Å². The molecule has 1 aliphatic heterocycles. The molecule has 3 heterocycles. The molecule has 1 atom stereocenters. The van der Waals surface area contributed by atoms with Crippen molar-refractivity contribution < 1.29 is 13.4 Å². The van der Waals surface area contributed by atoms with Crippen LogP contribution in [0.2, 0.25) is 0 Å². The van der Waals surface area contributed by atoms with Crippen LogP contribution in [0, 0.1) is 12.3 Å². The Hall–Kier alpha value is -4.12. The number of aryl methyl sites for hydroxylation is 1. The Labute approximate surface area is 229 Å². The highest BCUT2D eigenvalue weighted by Gasteiger charge is 2.19. The second-order valence-electron chi connectivity index (χ2n) is 8.90. The van der Waals surface area contributed by atoms with Gasteiger partial charge in [0.1, 0.15) is 11.0 Å². The number of hydrogen-bond donors (Lipinski definition) is 4. The van der Waals surface area contributed by atoms with Gasteiger partial charge >= 0.3 is 0 Å². The van der Waals surface area contributed by atoms with Crippen LogP contribution in [0.1, 0.15) is 17.9 Å². The van der Waals surface area contributed by atoms with Crippen molar-refractivity contribution in [2.24, 2.45) is 0 Å². The lowest BCUT2D eigenvalue weighted by Crippen LogP contribution is -2.15. The van der Waals surface area contributed by atoms with Crippen LogP contribution in [0.15, 0.2) is 82.2 Å². The molecule has 0 radical (unpaired) electrons. The highest BCUT2D eigenvalue weighted by molar-refractivity contribution is 7.86. The number of aromatic nitrogens is 3. The molecule has 1 saturated heterocycles. The SMILES string of the molecule is C1CNCCOC1.Cc1nnc(-c2cc(-c3cccc4[nH]ccc34)cc(NS(=O)c3ccccc3)c2C=N)o1. The van der Waals surface area contributed by atoms with E-state index in [2.05, 4.69) is 25.2 Å². The third kappa shape index (κ3) is 6.31. The lowest BCUT2D eigenvalue weighted by molar-refractivity contribution is 0.151. The molecule has 9 nitrogen and oxygen atoms in total. The van der Waals surface area contributed by atoms with Crippen molar-refractivity contribution in [3.05, 3.63) is 84.4 Å². The summed E-state index contributed by atoms with van der Waals surface area (Å²) in [5.74, 6) is 0.731. The van der Waals surface area contributed by atoms with Crippen molar-refractivity contribution in [3.63, 3.8) is 0 Å². The number of nitrogens with one attached hydrogen (secondary N) is 4. The summed E-state index contributed by atoms with van der Waals surface area (Å²) < 4.78 is 26.9. The van der Waals surface area contributed by atoms with Gasteiger partial charge in [-0.3, -0.25) is 0 Å². The largest absolute Gasteiger partial charge is 0.421 e. The van der Waals surface area contributed by atoms with E-state index in [4.69, 9.17) is 14.6 Å². The maximum atomic E-state index is 13.0. The van der Waals surface area contributed by atoms with Gasteiger partial charge in [-0.2, -0.15) is 0 Å². The molecule has 200 valence electrons. The number of anilines is 1. The van der Waals surface area contributed by atoms with Gasteiger partial charge in [-0.1, -0.05) is 30.3 Å². The van der Waals surface area contributed by atoms with E-state index in [-0.39, 0.29) is 0 Å². The van der Waals surface area contributed by atoms with Gasteiger partial charge in [0.05, 0.1) is 22.8 Å². The van der Waals surface area contributed by atoms with E-state index < -0.39 is 11.0 Å². The first-order valence-corrected chi connectivity index (χ1v) is 13.9. The summed E-state index contributed by atoms with van der Waals surface area (Å²) in [4.78, 5) is 3.86. The highest BCUT2D eigenvalue weighted by atomic mass is 32.2. The van der Waals surface area contributed by atoms with E-state index in [0.717, 1.165) is 48.3 Å². The summed E-state index contributed by atoms with van der Waals surface area (Å²) in [6.07, 6.45) is 4.27. The van der Waals surface area contributed by atoms with Gasteiger partial charge in [0, 0.05) is 49.0 Å². The Morgan fingerprint density at radius 1 is 1.00 bits per heavy atom. The zero-order valence-electron chi connectivity index (χ0n) is 21.6. The predicted molar refractivity (Wildman–Crippen MR) is 154 cm³/mol. The quantitative estimate of drug-likeness (QED) is 0.215. The van der Waals surface area contributed by atoms with E-state index in [1.54, 1.807) is 19.1 Å². The van der Waals surface area contributed by atoms with Gasteiger partial charge in [-0.05, 0) is 60.5 Å². The second kappa shape index (κ2) is 12.6.